The van der Waals surface area contributed by atoms with Crippen molar-refractivity contribution in [2.75, 3.05) is 0 Å². The predicted molar refractivity (Wildman–Crippen MR) is 66.3 cm³/mol. The Hall–Kier alpha value is -1.56. The van der Waals surface area contributed by atoms with Gasteiger partial charge in [-0.05, 0) is 32.4 Å². The molecule has 1 aromatic heterocycles. The molecule has 3 N–H and O–H groups in total. The van der Waals surface area contributed by atoms with Gasteiger partial charge in [0.05, 0.1) is 6.54 Å². The summed E-state index contributed by atoms with van der Waals surface area (Å²) in [4.78, 5) is 24.1. The molecule has 0 aliphatic rings. The molecule has 0 bridgehead atoms. The molecule has 0 saturated carbocycles. The molecule has 1 atom stereocenters. The minimum atomic E-state index is -1.05. The summed E-state index contributed by atoms with van der Waals surface area (Å²) in [5.74, 6) is -1.05. The minimum Gasteiger partial charge on any atom is -0.480 e. The average Bonchev–Trinajstić information content (AvgIpc) is 2.55. The van der Waals surface area contributed by atoms with E-state index in [0.29, 0.717) is 6.54 Å². The number of carbonyl (C=O) groups excluding carboxylic acids is 1. The number of hydrogen-bond acceptors (Lipinski definition) is 3. The highest BCUT2D eigenvalue weighted by Gasteiger charge is 2.13. The van der Waals surface area contributed by atoms with Crippen LogP contribution in [-0.4, -0.2) is 23.1 Å². The molecule has 0 aromatic carbocycles. The fraction of sp³-hybridized carbons (Fsp3) is 0.455. The van der Waals surface area contributed by atoms with Gasteiger partial charge in [-0.15, -0.1) is 11.3 Å². The lowest BCUT2D eigenvalue weighted by Gasteiger charge is -2.09. The number of amides is 2. The molecule has 6 heteroatoms. The van der Waals surface area contributed by atoms with Crippen molar-refractivity contribution < 1.29 is 14.7 Å². The van der Waals surface area contributed by atoms with Crippen molar-refractivity contribution >= 4 is 23.3 Å². The number of aryl methyl sites for hydroxylation is 2. The molecule has 0 spiro atoms. The number of carboxylic acid groups (broad SMARTS) is 1. The van der Waals surface area contributed by atoms with E-state index >= 15 is 0 Å². The Labute approximate surface area is 104 Å². The molecule has 0 fully saturated rings. The zero-order chi connectivity index (χ0) is 13.0. The Morgan fingerprint density at radius 3 is 2.59 bits per heavy atom. The summed E-state index contributed by atoms with van der Waals surface area (Å²) in [6, 6.07) is 0.659. The van der Waals surface area contributed by atoms with Crippen LogP contribution in [0, 0.1) is 13.8 Å². The van der Waals surface area contributed by atoms with Crippen LogP contribution in [0.5, 0.6) is 0 Å². The number of carboxylic acids is 1. The third-order valence-electron chi connectivity index (χ3n) is 2.36. The quantitative estimate of drug-likeness (QED) is 0.766. The monoisotopic (exact) mass is 256 g/mol. The predicted octanol–water partition coefficient (Wildman–Crippen LogP) is 1.64. The number of carbonyl (C=O) groups is 2. The summed E-state index contributed by atoms with van der Waals surface area (Å²) in [6.45, 7) is 5.87. The molecule has 1 aromatic rings. The van der Waals surface area contributed by atoms with Gasteiger partial charge in [0, 0.05) is 9.75 Å². The van der Waals surface area contributed by atoms with Crippen LogP contribution < -0.4 is 10.6 Å². The summed E-state index contributed by atoms with van der Waals surface area (Å²) in [5, 5.41) is 13.6. The van der Waals surface area contributed by atoms with Gasteiger partial charge in [-0.1, -0.05) is 0 Å². The van der Waals surface area contributed by atoms with Crippen molar-refractivity contribution in [1.82, 2.24) is 10.6 Å². The van der Waals surface area contributed by atoms with E-state index in [-0.39, 0.29) is 0 Å². The highest BCUT2D eigenvalue weighted by molar-refractivity contribution is 7.12. The second kappa shape index (κ2) is 5.67. The first-order chi connectivity index (χ1) is 7.90. The van der Waals surface area contributed by atoms with Crippen LogP contribution in [-0.2, 0) is 11.3 Å². The number of hydrogen-bond donors (Lipinski definition) is 3. The average molecular weight is 256 g/mol. The molecule has 1 unspecified atom stereocenters. The zero-order valence-electron chi connectivity index (χ0n) is 10.0. The number of rotatable bonds is 4. The van der Waals surface area contributed by atoms with E-state index in [4.69, 9.17) is 5.11 Å². The van der Waals surface area contributed by atoms with E-state index in [1.807, 2.05) is 19.9 Å². The zero-order valence-corrected chi connectivity index (χ0v) is 10.9. The molecule has 0 saturated heterocycles. The normalized spacial score (nSPS) is 11.9. The van der Waals surface area contributed by atoms with Crippen molar-refractivity contribution in [1.29, 1.82) is 0 Å². The molecule has 0 aliphatic carbocycles. The summed E-state index contributed by atoms with van der Waals surface area (Å²) < 4.78 is 0. The molecule has 0 radical (unpaired) electrons. The topological polar surface area (TPSA) is 78.4 Å². The Morgan fingerprint density at radius 1 is 1.47 bits per heavy atom. The number of aliphatic carboxylic acids is 1. The van der Waals surface area contributed by atoms with E-state index in [0.717, 1.165) is 4.88 Å². The van der Waals surface area contributed by atoms with Crippen LogP contribution >= 0.6 is 11.3 Å². The Balaban J connectivity index is 2.40. The summed E-state index contributed by atoms with van der Waals surface area (Å²) in [6.07, 6.45) is 0. The first-order valence-electron chi connectivity index (χ1n) is 5.23. The van der Waals surface area contributed by atoms with E-state index < -0.39 is 18.0 Å². The van der Waals surface area contributed by atoms with Gasteiger partial charge in [-0.25, -0.2) is 4.79 Å². The van der Waals surface area contributed by atoms with E-state index in [9.17, 15) is 9.59 Å². The highest BCUT2D eigenvalue weighted by Crippen LogP contribution is 2.20. The fourth-order valence-electron chi connectivity index (χ4n) is 1.21. The Morgan fingerprint density at radius 2 is 2.12 bits per heavy atom. The molecule has 5 nitrogen and oxygen atoms in total. The fourth-order valence-corrected chi connectivity index (χ4v) is 2.21. The Kier molecular flexibility index (Phi) is 4.51. The van der Waals surface area contributed by atoms with Gasteiger partial charge in [0.1, 0.15) is 6.04 Å². The lowest BCUT2D eigenvalue weighted by atomic mass is 10.3. The van der Waals surface area contributed by atoms with Crippen LogP contribution in [0.15, 0.2) is 6.07 Å². The lowest BCUT2D eigenvalue weighted by Crippen LogP contribution is -2.43. The number of thiophene rings is 1. The maximum absolute atomic E-state index is 11.3. The summed E-state index contributed by atoms with van der Waals surface area (Å²) in [5.41, 5.74) is 1.20. The van der Waals surface area contributed by atoms with Gasteiger partial charge in [0.15, 0.2) is 0 Å². The van der Waals surface area contributed by atoms with Crippen LogP contribution in [0.2, 0.25) is 0 Å². The summed E-state index contributed by atoms with van der Waals surface area (Å²) in [7, 11) is 0. The van der Waals surface area contributed by atoms with Gasteiger partial charge in [-0.2, -0.15) is 0 Å². The minimum absolute atomic E-state index is 0.414. The smallest absolute Gasteiger partial charge is 0.325 e. The second-order valence-corrected chi connectivity index (χ2v) is 5.18. The van der Waals surface area contributed by atoms with Gasteiger partial charge < -0.3 is 15.7 Å². The molecule has 94 valence electrons. The highest BCUT2D eigenvalue weighted by atomic mass is 32.1. The molecule has 2 amide bonds. The molecular weight excluding hydrogens is 240 g/mol. The molecular formula is C11H16N2O3S. The first-order valence-corrected chi connectivity index (χ1v) is 6.05. The van der Waals surface area contributed by atoms with Gasteiger partial charge in [0.25, 0.3) is 0 Å². The van der Waals surface area contributed by atoms with Crippen LogP contribution in [0.25, 0.3) is 0 Å². The lowest BCUT2D eigenvalue weighted by molar-refractivity contribution is -0.138. The SMILES string of the molecule is Cc1cc(CNC(=O)NC(C)C(=O)O)sc1C. The van der Waals surface area contributed by atoms with E-state index in [1.165, 1.54) is 17.4 Å². The maximum Gasteiger partial charge on any atom is 0.325 e. The maximum atomic E-state index is 11.3. The van der Waals surface area contributed by atoms with Gasteiger partial charge >= 0.3 is 12.0 Å². The summed E-state index contributed by atoms with van der Waals surface area (Å²) >= 11 is 1.62. The van der Waals surface area contributed by atoms with Crippen molar-refractivity contribution in [3.63, 3.8) is 0 Å². The second-order valence-electron chi connectivity index (χ2n) is 3.84. The van der Waals surface area contributed by atoms with Crippen molar-refractivity contribution in [3.05, 3.63) is 21.4 Å². The number of urea groups is 1. The molecule has 0 aliphatic heterocycles. The van der Waals surface area contributed by atoms with Crippen molar-refractivity contribution in [2.45, 2.75) is 33.4 Å². The number of nitrogens with one attached hydrogen (secondary N) is 2. The largest absolute Gasteiger partial charge is 0.480 e. The van der Waals surface area contributed by atoms with Crippen LogP contribution in [0.4, 0.5) is 4.79 Å². The Bertz CT molecular complexity index is 409. The first kappa shape index (κ1) is 13.5. The van der Waals surface area contributed by atoms with E-state index in [2.05, 4.69) is 10.6 Å². The van der Waals surface area contributed by atoms with Crippen LogP contribution in [0.3, 0.4) is 0 Å². The molecule has 1 rings (SSSR count). The van der Waals surface area contributed by atoms with Crippen LogP contribution in [0.1, 0.15) is 22.2 Å². The van der Waals surface area contributed by atoms with Gasteiger partial charge in [0.2, 0.25) is 0 Å². The molecule has 17 heavy (non-hydrogen) atoms. The standard InChI is InChI=1S/C11H16N2O3S/c1-6-4-9(17-8(6)3)5-12-11(16)13-7(2)10(14)15/h4,7H,5H2,1-3H3,(H,14,15)(H2,12,13,16). The third-order valence-corrected chi connectivity index (χ3v) is 3.51. The van der Waals surface area contributed by atoms with Crippen molar-refractivity contribution in [2.24, 2.45) is 0 Å². The third kappa shape index (κ3) is 4.07. The van der Waals surface area contributed by atoms with E-state index in [1.54, 1.807) is 11.3 Å². The molecule has 1 heterocycles. The van der Waals surface area contributed by atoms with Gasteiger partial charge in [-0.3, -0.25) is 4.79 Å². The van der Waals surface area contributed by atoms with Crippen molar-refractivity contribution in [3.8, 4) is 0 Å².